The Hall–Kier alpha value is -4.58. The predicted molar refractivity (Wildman–Crippen MR) is 123 cm³/mol. The third kappa shape index (κ3) is 3.90. The molecule has 0 spiro atoms. The molecule has 0 unspecified atom stereocenters. The average molecular weight is 434 g/mol. The van der Waals surface area contributed by atoms with Gasteiger partial charge in [-0.2, -0.15) is 0 Å². The fourth-order valence-corrected chi connectivity index (χ4v) is 4.19. The SMILES string of the molecule is O=C1C=C(c2ccc(C(c3ccccc3)c3ccc(C4=CC(=O)NC4=O)cc3)cc2)C(=O)N1. The van der Waals surface area contributed by atoms with E-state index in [1.807, 2.05) is 78.9 Å². The lowest BCUT2D eigenvalue weighted by Crippen LogP contribution is -2.21. The average Bonchev–Trinajstić information content (AvgIpc) is 3.35. The molecule has 6 heteroatoms. The molecule has 0 bridgehead atoms. The number of amides is 4. The van der Waals surface area contributed by atoms with E-state index >= 15 is 0 Å². The third-order valence-electron chi connectivity index (χ3n) is 5.76. The standard InChI is InChI=1S/C27H18N2O4/c30-23-14-21(26(32)28-23)16-6-10-19(11-7-16)25(18-4-2-1-3-5-18)20-12-8-17(9-13-20)22-15-24(31)29-27(22)33/h1-15,25H,(H,28,30,32)(H,29,31,33). The second-order valence-corrected chi connectivity index (χ2v) is 7.84. The number of imide groups is 2. The minimum atomic E-state index is -0.408. The molecule has 0 saturated carbocycles. The fourth-order valence-electron chi connectivity index (χ4n) is 4.19. The van der Waals surface area contributed by atoms with Gasteiger partial charge >= 0.3 is 0 Å². The molecule has 2 aliphatic rings. The van der Waals surface area contributed by atoms with Gasteiger partial charge in [0, 0.05) is 18.1 Å². The second-order valence-electron chi connectivity index (χ2n) is 7.84. The van der Waals surface area contributed by atoms with Crippen molar-refractivity contribution in [1.29, 1.82) is 0 Å². The van der Waals surface area contributed by atoms with Crippen LogP contribution in [0.15, 0.2) is 91.0 Å². The Morgan fingerprint density at radius 2 is 0.879 bits per heavy atom. The Bertz CT molecular complexity index is 1260. The van der Waals surface area contributed by atoms with Gasteiger partial charge in [-0.15, -0.1) is 0 Å². The van der Waals surface area contributed by atoms with Gasteiger partial charge in [-0.25, -0.2) is 0 Å². The number of hydrogen-bond acceptors (Lipinski definition) is 4. The number of nitrogens with one attached hydrogen (secondary N) is 2. The Balaban J connectivity index is 1.51. The quantitative estimate of drug-likeness (QED) is 0.477. The molecule has 0 atom stereocenters. The molecule has 6 nitrogen and oxygen atoms in total. The van der Waals surface area contributed by atoms with Crippen molar-refractivity contribution >= 4 is 34.8 Å². The van der Waals surface area contributed by atoms with E-state index in [-0.39, 0.29) is 5.92 Å². The summed E-state index contributed by atoms with van der Waals surface area (Å²) in [5.74, 6) is -1.70. The fraction of sp³-hybridized carbons (Fsp3) is 0.0370. The summed E-state index contributed by atoms with van der Waals surface area (Å²) >= 11 is 0. The zero-order chi connectivity index (χ0) is 22.9. The predicted octanol–water partition coefficient (Wildman–Crippen LogP) is 2.95. The van der Waals surface area contributed by atoms with Crippen LogP contribution in [0.1, 0.15) is 33.7 Å². The van der Waals surface area contributed by atoms with Gasteiger partial charge < -0.3 is 0 Å². The van der Waals surface area contributed by atoms with Crippen LogP contribution in [0.3, 0.4) is 0 Å². The number of rotatable bonds is 5. The third-order valence-corrected chi connectivity index (χ3v) is 5.76. The summed E-state index contributed by atoms with van der Waals surface area (Å²) in [5, 5.41) is 4.53. The van der Waals surface area contributed by atoms with E-state index in [9.17, 15) is 19.2 Å². The summed E-state index contributed by atoms with van der Waals surface area (Å²) in [7, 11) is 0. The molecule has 33 heavy (non-hydrogen) atoms. The zero-order valence-electron chi connectivity index (χ0n) is 17.4. The lowest BCUT2D eigenvalue weighted by molar-refractivity contribution is -0.124. The normalized spacial score (nSPS) is 15.4. The van der Waals surface area contributed by atoms with Gasteiger partial charge in [-0.1, -0.05) is 78.9 Å². The summed E-state index contributed by atoms with van der Waals surface area (Å²) in [6.07, 6.45) is 2.62. The summed E-state index contributed by atoms with van der Waals surface area (Å²) in [5.41, 5.74) is 5.15. The summed E-state index contributed by atoms with van der Waals surface area (Å²) in [4.78, 5) is 46.9. The Morgan fingerprint density at radius 1 is 0.485 bits per heavy atom. The maximum Gasteiger partial charge on any atom is 0.258 e. The summed E-state index contributed by atoms with van der Waals surface area (Å²) in [6, 6.07) is 25.1. The molecular weight excluding hydrogens is 416 g/mol. The molecule has 0 fully saturated rings. The molecule has 4 amide bonds. The zero-order valence-corrected chi connectivity index (χ0v) is 17.4. The van der Waals surface area contributed by atoms with Gasteiger partial charge in [0.2, 0.25) is 0 Å². The molecule has 2 aliphatic heterocycles. The van der Waals surface area contributed by atoms with E-state index < -0.39 is 23.6 Å². The number of benzene rings is 3. The Morgan fingerprint density at radius 3 is 1.24 bits per heavy atom. The van der Waals surface area contributed by atoms with Crippen molar-refractivity contribution in [2.75, 3.05) is 0 Å². The smallest absolute Gasteiger partial charge is 0.258 e. The monoisotopic (exact) mass is 434 g/mol. The highest BCUT2D eigenvalue weighted by atomic mass is 16.2. The van der Waals surface area contributed by atoms with Crippen LogP contribution in [-0.4, -0.2) is 23.6 Å². The van der Waals surface area contributed by atoms with E-state index in [1.165, 1.54) is 12.2 Å². The van der Waals surface area contributed by atoms with Crippen molar-refractivity contribution in [1.82, 2.24) is 10.6 Å². The van der Waals surface area contributed by atoms with Crippen LogP contribution in [0.5, 0.6) is 0 Å². The van der Waals surface area contributed by atoms with E-state index in [1.54, 1.807) is 0 Å². The van der Waals surface area contributed by atoms with E-state index in [0.717, 1.165) is 16.7 Å². The van der Waals surface area contributed by atoms with E-state index in [0.29, 0.717) is 22.3 Å². The van der Waals surface area contributed by atoms with Gasteiger partial charge in [0.05, 0.1) is 11.1 Å². The first-order chi connectivity index (χ1) is 16.0. The first kappa shape index (κ1) is 20.3. The van der Waals surface area contributed by atoms with Crippen LogP contribution in [0.4, 0.5) is 0 Å². The lowest BCUT2D eigenvalue weighted by atomic mass is 9.84. The number of carbonyl (C=O) groups excluding carboxylic acids is 4. The topological polar surface area (TPSA) is 92.3 Å². The van der Waals surface area contributed by atoms with Crippen LogP contribution in [-0.2, 0) is 19.2 Å². The van der Waals surface area contributed by atoms with Crippen molar-refractivity contribution < 1.29 is 19.2 Å². The van der Waals surface area contributed by atoms with Crippen LogP contribution in [0.2, 0.25) is 0 Å². The second kappa shape index (κ2) is 8.16. The minimum absolute atomic E-state index is 0.0877. The summed E-state index contributed by atoms with van der Waals surface area (Å²) in [6.45, 7) is 0. The van der Waals surface area contributed by atoms with Crippen LogP contribution >= 0.6 is 0 Å². The lowest BCUT2D eigenvalue weighted by Gasteiger charge is -2.20. The van der Waals surface area contributed by atoms with Crippen LogP contribution < -0.4 is 10.6 Å². The van der Waals surface area contributed by atoms with Crippen molar-refractivity contribution in [2.24, 2.45) is 0 Å². The molecular formula is C27H18N2O4. The Kier molecular flexibility index (Phi) is 5.03. The molecule has 0 aromatic heterocycles. The molecule has 2 N–H and O–H groups in total. The van der Waals surface area contributed by atoms with Gasteiger partial charge in [0.1, 0.15) is 0 Å². The van der Waals surface area contributed by atoms with Crippen molar-refractivity contribution in [2.45, 2.75) is 5.92 Å². The van der Waals surface area contributed by atoms with Crippen molar-refractivity contribution in [3.05, 3.63) is 119 Å². The Labute approximate surface area is 189 Å². The summed E-state index contributed by atoms with van der Waals surface area (Å²) < 4.78 is 0. The van der Waals surface area contributed by atoms with Crippen LogP contribution in [0.25, 0.3) is 11.1 Å². The molecule has 160 valence electrons. The highest BCUT2D eigenvalue weighted by molar-refractivity contribution is 6.34. The van der Waals surface area contributed by atoms with E-state index in [4.69, 9.17) is 0 Å². The molecule has 0 radical (unpaired) electrons. The highest BCUT2D eigenvalue weighted by Gasteiger charge is 2.24. The molecule has 3 aromatic rings. The van der Waals surface area contributed by atoms with Crippen molar-refractivity contribution in [3.63, 3.8) is 0 Å². The van der Waals surface area contributed by atoms with Crippen LogP contribution in [0, 0.1) is 0 Å². The largest absolute Gasteiger partial charge is 0.289 e. The molecule has 0 aliphatic carbocycles. The number of carbonyl (C=O) groups is 4. The first-order valence-electron chi connectivity index (χ1n) is 10.4. The number of hydrogen-bond donors (Lipinski definition) is 2. The molecule has 0 saturated heterocycles. The first-order valence-corrected chi connectivity index (χ1v) is 10.4. The van der Waals surface area contributed by atoms with Crippen molar-refractivity contribution in [3.8, 4) is 0 Å². The van der Waals surface area contributed by atoms with Gasteiger partial charge in [0.15, 0.2) is 0 Å². The van der Waals surface area contributed by atoms with E-state index in [2.05, 4.69) is 10.6 Å². The molecule has 2 heterocycles. The van der Waals surface area contributed by atoms with Gasteiger partial charge in [-0.3, -0.25) is 29.8 Å². The maximum absolute atomic E-state index is 12.0. The minimum Gasteiger partial charge on any atom is -0.289 e. The molecule has 5 rings (SSSR count). The highest BCUT2D eigenvalue weighted by Crippen LogP contribution is 2.34. The van der Waals surface area contributed by atoms with Gasteiger partial charge in [-0.05, 0) is 27.8 Å². The molecule has 3 aromatic carbocycles. The maximum atomic E-state index is 12.0. The van der Waals surface area contributed by atoms with Gasteiger partial charge in [0.25, 0.3) is 23.6 Å².